The molecule has 1 aliphatic carbocycles. The molecule has 0 unspecified atom stereocenters. The van der Waals surface area contributed by atoms with Gasteiger partial charge in [-0.3, -0.25) is 4.79 Å². The van der Waals surface area contributed by atoms with E-state index in [0.29, 0.717) is 12.1 Å². The number of benzene rings is 1. The highest BCUT2D eigenvalue weighted by molar-refractivity contribution is 5.96. The number of nitrogens with zero attached hydrogens (tertiary/aromatic N) is 1. The Morgan fingerprint density at radius 3 is 2.48 bits per heavy atom. The van der Waals surface area contributed by atoms with E-state index in [9.17, 15) is 9.59 Å². The molecule has 0 radical (unpaired) electrons. The van der Waals surface area contributed by atoms with Crippen molar-refractivity contribution in [3.63, 3.8) is 0 Å². The van der Waals surface area contributed by atoms with E-state index in [-0.39, 0.29) is 17.0 Å². The zero-order chi connectivity index (χ0) is 16.4. The summed E-state index contributed by atoms with van der Waals surface area (Å²) >= 11 is 0. The lowest BCUT2D eigenvalue weighted by Gasteiger charge is -2.24. The van der Waals surface area contributed by atoms with Gasteiger partial charge in [0.15, 0.2) is 0 Å². The zero-order valence-electron chi connectivity index (χ0n) is 12.9. The number of pyridine rings is 1. The lowest BCUT2D eigenvalue weighted by atomic mass is 9.87. The van der Waals surface area contributed by atoms with Crippen LogP contribution in [0.4, 0.5) is 0 Å². The molecule has 2 aromatic rings. The molecule has 1 aromatic carbocycles. The highest BCUT2D eigenvalue weighted by Crippen LogP contribution is 2.35. The fourth-order valence-electron chi connectivity index (χ4n) is 3.09. The summed E-state index contributed by atoms with van der Waals surface area (Å²) < 4.78 is 0. The number of amides is 1. The second-order valence-electron chi connectivity index (χ2n) is 6.35. The molecule has 0 fully saturated rings. The summed E-state index contributed by atoms with van der Waals surface area (Å²) in [7, 11) is 0. The molecular formula is C18H18N2O3. The number of fused-ring (bicyclic) bond motifs is 1. The van der Waals surface area contributed by atoms with Crippen LogP contribution in [0.25, 0.3) is 0 Å². The van der Waals surface area contributed by atoms with E-state index in [1.54, 1.807) is 0 Å². The predicted molar refractivity (Wildman–Crippen MR) is 85.5 cm³/mol. The Bertz CT molecular complexity index is 745. The number of aromatic carboxylic acids is 1. The third kappa shape index (κ3) is 3.23. The van der Waals surface area contributed by atoms with E-state index < -0.39 is 5.97 Å². The molecule has 0 bridgehead atoms. The molecule has 118 valence electrons. The first-order valence-corrected chi connectivity index (χ1v) is 7.51. The molecule has 23 heavy (non-hydrogen) atoms. The first-order valence-electron chi connectivity index (χ1n) is 7.51. The summed E-state index contributed by atoms with van der Waals surface area (Å²) in [5.41, 5.74) is 2.85. The number of nitrogens with one attached hydrogen (secondary N) is 1. The molecule has 5 heteroatoms. The number of rotatable bonds is 4. The maximum Gasteiger partial charge on any atom is 0.354 e. The first-order chi connectivity index (χ1) is 11.0. The van der Waals surface area contributed by atoms with E-state index in [1.165, 1.54) is 29.5 Å². The molecule has 0 saturated heterocycles. The van der Waals surface area contributed by atoms with Gasteiger partial charge in [0.05, 0.1) is 0 Å². The minimum absolute atomic E-state index is 0.0119. The van der Waals surface area contributed by atoms with Gasteiger partial charge in [0, 0.05) is 18.3 Å². The van der Waals surface area contributed by atoms with Crippen molar-refractivity contribution >= 4 is 11.9 Å². The lowest BCUT2D eigenvalue weighted by Crippen LogP contribution is -2.36. The topological polar surface area (TPSA) is 79.3 Å². The van der Waals surface area contributed by atoms with E-state index in [4.69, 9.17) is 5.11 Å². The minimum atomic E-state index is -1.14. The third-order valence-corrected chi connectivity index (χ3v) is 4.27. The standard InChI is InChI=1S/C18H18N2O3/c1-18(9-13-4-2-3-5-14(13)10-18)11-20-16(21)12-6-7-19-15(8-12)17(22)23/h2-8H,9-11H2,1H3,(H,20,21)(H,22,23). The monoisotopic (exact) mass is 310 g/mol. The first kappa shape index (κ1) is 15.2. The lowest BCUT2D eigenvalue weighted by molar-refractivity contribution is 0.0690. The van der Waals surface area contributed by atoms with Crippen molar-refractivity contribution in [1.82, 2.24) is 10.3 Å². The van der Waals surface area contributed by atoms with Crippen LogP contribution in [0, 0.1) is 5.41 Å². The van der Waals surface area contributed by atoms with Gasteiger partial charge < -0.3 is 10.4 Å². The maximum absolute atomic E-state index is 12.3. The van der Waals surface area contributed by atoms with Crippen molar-refractivity contribution in [2.24, 2.45) is 5.41 Å². The van der Waals surface area contributed by atoms with Gasteiger partial charge in [-0.2, -0.15) is 0 Å². The quantitative estimate of drug-likeness (QED) is 0.908. The second kappa shape index (κ2) is 5.83. The van der Waals surface area contributed by atoms with Crippen molar-refractivity contribution in [3.8, 4) is 0 Å². The third-order valence-electron chi connectivity index (χ3n) is 4.27. The van der Waals surface area contributed by atoms with Gasteiger partial charge in [0.25, 0.3) is 5.91 Å². The summed E-state index contributed by atoms with van der Waals surface area (Å²) in [6.07, 6.45) is 3.20. The number of aromatic nitrogens is 1. The van der Waals surface area contributed by atoms with Gasteiger partial charge in [-0.05, 0) is 41.5 Å². The van der Waals surface area contributed by atoms with Crippen LogP contribution in [-0.2, 0) is 12.8 Å². The van der Waals surface area contributed by atoms with Gasteiger partial charge in [-0.25, -0.2) is 9.78 Å². The molecule has 1 heterocycles. The van der Waals surface area contributed by atoms with Crippen LogP contribution in [0.15, 0.2) is 42.6 Å². The van der Waals surface area contributed by atoms with Gasteiger partial charge in [0.2, 0.25) is 0 Å². The summed E-state index contributed by atoms with van der Waals surface area (Å²) in [5, 5.41) is 11.9. The van der Waals surface area contributed by atoms with Crippen LogP contribution < -0.4 is 5.32 Å². The zero-order valence-corrected chi connectivity index (χ0v) is 12.9. The summed E-state index contributed by atoms with van der Waals surface area (Å²) in [6, 6.07) is 11.1. The summed E-state index contributed by atoms with van der Waals surface area (Å²) in [5.74, 6) is -1.41. The number of carboxylic acids is 1. The molecule has 1 aliphatic rings. The number of carbonyl (C=O) groups is 2. The molecular weight excluding hydrogens is 292 g/mol. The molecule has 0 atom stereocenters. The number of carboxylic acid groups (broad SMARTS) is 1. The molecule has 0 saturated carbocycles. The average molecular weight is 310 g/mol. The maximum atomic E-state index is 12.3. The second-order valence-corrected chi connectivity index (χ2v) is 6.35. The minimum Gasteiger partial charge on any atom is -0.477 e. The normalized spacial score (nSPS) is 15.0. The molecule has 0 aliphatic heterocycles. The Morgan fingerprint density at radius 1 is 1.22 bits per heavy atom. The van der Waals surface area contributed by atoms with Crippen LogP contribution in [-0.4, -0.2) is 28.5 Å². The molecule has 3 rings (SSSR count). The van der Waals surface area contributed by atoms with Gasteiger partial charge in [0.1, 0.15) is 5.69 Å². The molecule has 1 aromatic heterocycles. The van der Waals surface area contributed by atoms with E-state index in [0.717, 1.165) is 12.8 Å². The molecule has 2 N–H and O–H groups in total. The fraction of sp³-hybridized carbons (Fsp3) is 0.278. The Morgan fingerprint density at radius 2 is 1.87 bits per heavy atom. The smallest absolute Gasteiger partial charge is 0.354 e. The Hall–Kier alpha value is -2.69. The van der Waals surface area contributed by atoms with Crippen molar-refractivity contribution in [1.29, 1.82) is 0 Å². The van der Waals surface area contributed by atoms with Crippen molar-refractivity contribution in [3.05, 3.63) is 65.0 Å². The van der Waals surface area contributed by atoms with Gasteiger partial charge >= 0.3 is 5.97 Å². The largest absolute Gasteiger partial charge is 0.477 e. The molecule has 1 amide bonds. The summed E-state index contributed by atoms with van der Waals surface area (Å²) in [6.45, 7) is 2.70. The Labute approximate surface area is 134 Å². The van der Waals surface area contributed by atoms with Gasteiger partial charge in [-0.1, -0.05) is 31.2 Å². The van der Waals surface area contributed by atoms with Crippen molar-refractivity contribution in [2.75, 3.05) is 6.54 Å². The average Bonchev–Trinajstić information content (AvgIpc) is 2.89. The molecule has 5 nitrogen and oxygen atoms in total. The number of hydrogen-bond donors (Lipinski definition) is 2. The summed E-state index contributed by atoms with van der Waals surface area (Å²) in [4.78, 5) is 26.9. The van der Waals surface area contributed by atoms with Gasteiger partial charge in [-0.15, -0.1) is 0 Å². The highest BCUT2D eigenvalue weighted by atomic mass is 16.4. The van der Waals surface area contributed by atoms with Crippen molar-refractivity contribution < 1.29 is 14.7 Å². The van der Waals surface area contributed by atoms with Crippen LogP contribution >= 0.6 is 0 Å². The predicted octanol–water partition coefficient (Wildman–Crippen LogP) is 2.31. The van der Waals surface area contributed by atoms with Crippen LogP contribution in [0.2, 0.25) is 0 Å². The van der Waals surface area contributed by atoms with Crippen LogP contribution in [0.5, 0.6) is 0 Å². The van der Waals surface area contributed by atoms with E-state index >= 15 is 0 Å². The fourth-order valence-corrected chi connectivity index (χ4v) is 3.09. The Balaban J connectivity index is 1.66. The molecule has 0 spiro atoms. The van der Waals surface area contributed by atoms with Crippen LogP contribution in [0.3, 0.4) is 0 Å². The SMILES string of the molecule is CC1(CNC(=O)c2ccnc(C(=O)O)c2)Cc2ccccc2C1. The van der Waals surface area contributed by atoms with E-state index in [2.05, 4.69) is 29.4 Å². The number of hydrogen-bond acceptors (Lipinski definition) is 3. The number of carbonyl (C=O) groups excluding carboxylic acids is 1. The van der Waals surface area contributed by atoms with Crippen molar-refractivity contribution in [2.45, 2.75) is 19.8 Å². The Kier molecular flexibility index (Phi) is 3.86. The van der Waals surface area contributed by atoms with E-state index in [1.807, 2.05) is 12.1 Å². The highest BCUT2D eigenvalue weighted by Gasteiger charge is 2.32. The van der Waals surface area contributed by atoms with Crippen LogP contribution in [0.1, 0.15) is 38.9 Å².